The van der Waals surface area contributed by atoms with Crippen LogP contribution in [0.25, 0.3) is 0 Å². The standard InChI is InChI=1S/C10H11BrFNO2/c1-6-3-7(4-8(12)9(6)11)5-13(2)10(14)15/h3-4H,5H2,1-2H3,(H,14,15). The monoisotopic (exact) mass is 275 g/mol. The summed E-state index contributed by atoms with van der Waals surface area (Å²) in [6.45, 7) is 1.94. The molecule has 0 aromatic heterocycles. The molecule has 3 nitrogen and oxygen atoms in total. The number of amides is 1. The molecule has 0 fully saturated rings. The maximum atomic E-state index is 13.3. The van der Waals surface area contributed by atoms with Crippen molar-refractivity contribution in [1.29, 1.82) is 0 Å². The molecule has 1 N–H and O–H groups in total. The summed E-state index contributed by atoms with van der Waals surface area (Å²) >= 11 is 3.10. The Hall–Kier alpha value is -1.10. The van der Waals surface area contributed by atoms with Crippen LogP contribution in [0.5, 0.6) is 0 Å². The van der Waals surface area contributed by atoms with Gasteiger partial charge in [0.15, 0.2) is 0 Å². The molecule has 0 unspecified atom stereocenters. The zero-order valence-corrected chi connectivity index (χ0v) is 10.0. The summed E-state index contributed by atoms with van der Waals surface area (Å²) in [6, 6.07) is 3.09. The SMILES string of the molecule is Cc1cc(CN(C)C(=O)O)cc(F)c1Br. The Labute approximate surface area is 95.6 Å². The second-order valence-electron chi connectivity index (χ2n) is 3.35. The van der Waals surface area contributed by atoms with Gasteiger partial charge in [-0.3, -0.25) is 0 Å². The van der Waals surface area contributed by atoms with E-state index in [-0.39, 0.29) is 12.4 Å². The lowest BCUT2D eigenvalue weighted by Crippen LogP contribution is -2.24. The third-order valence-corrected chi connectivity index (χ3v) is 3.02. The Morgan fingerprint density at radius 1 is 1.60 bits per heavy atom. The fourth-order valence-electron chi connectivity index (χ4n) is 1.23. The van der Waals surface area contributed by atoms with Crippen molar-refractivity contribution < 1.29 is 14.3 Å². The second-order valence-corrected chi connectivity index (χ2v) is 4.14. The first-order valence-electron chi connectivity index (χ1n) is 4.30. The van der Waals surface area contributed by atoms with E-state index < -0.39 is 6.09 Å². The van der Waals surface area contributed by atoms with Crippen LogP contribution in [-0.4, -0.2) is 23.1 Å². The first-order chi connectivity index (χ1) is 6.91. The van der Waals surface area contributed by atoms with Crippen molar-refractivity contribution in [3.05, 3.63) is 33.5 Å². The van der Waals surface area contributed by atoms with E-state index in [1.165, 1.54) is 13.1 Å². The number of hydrogen-bond donors (Lipinski definition) is 1. The Morgan fingerprint density at radius 3 is 2.67 bits per heavy atom. The summed E-state index contributed by atoms with van der Waals surface area (Å²) in [6.07, 6.45) is -1.03. The van der Waals surface area contributed by atoms with Crippen molar-refractivity contribution in [1.82, 2.24) is 4.90 Å². The molecule has 0 saturated carbocycles. The molecule has 1 amide bonds. The van der Waals surface area contributed by atoms with E-state index in [1.807, 2.05) is 0 Å². The quantitative estimate of drug-likeness (QED) is 0.902. The van der Waals surface area contributed by atoms with Gasteiger partial charge in [-0.15, -0.1) is 0 Å². The zero-order chi connectivity index (χ0) is 11.6. The number of aryl methyl sites for hydroxylation is 1. The third kappa shape index (κ3) is 2.92. The summed E-state index contributed by atoms with van der Waals surface area (Å²) < 4.78 is 13.7. The van der Waals surface area contributed by atoms with Gasteiger partial charge in [0.2, 0.25) is 0 Å². The maximum absolute atomic E-state index is 13.3. The number of nitrogens with zero attached hydrogens (tertiary/aromatic N) is 1. The van der Waals surface area contributed by atoms with Gasteiger partial charge < -0.3 is 10.0 Å². The molecule has 0 radical (unpaired) electrons. The van der Waals surface area contributed by atoms with Crippen LogP contribution in [0.4, 0.5) is 9.18 Å². The van der Waals surface area contributed by atoms with Gasteiger partial charge in [-0.1, -0.05) is 6.07 Å². The van der Waals surface area contributed by atoms with Crippen LogP contribution in [0.1, 0.15) is 11.1 Å². The Balaban J connectivity index is 2.92. The van der Waals surface area contributed by atoms with E-state index >= 15 is 0 Å². The average Bonchev–Trinajstić information content (AvgIpc) is 2.13. The molecular weight excluding hydrogens is 265 g/mol. The van der Waals surface area contributed by atoms with E-state index in [9.17, 15) is 9.18 Å². The fraction of sp³-hybridized carbons (Fsp3) is 0.300. The summed E-state index contributed by atoms with van der Waals surface area (Å²) in [4.78, 5) is 11.7. The van der Waals surface area contributed by atoms with Gasteiger partial charge in [-0.25, -0.2) is 9.18 Å². The number of carbonyl (C=O) groups is 1. The van der Waals surface area contributed by atoms with Crippen molar-refractivity contribution in [2.75, 3.05) is 7.05 Å². The molecule has 0 heterocycles. The second kappa shape index (κ2) is 4.61. The van der Waals surface area contributed by atoms with Gasteiger partial charge in [0, 0.05) is 13.6 Å². The number of rotatable bonds is 2. The lowest BCUT2D eigenvalue weighted by Gasteiger charge is -2.13. The number of halogens is 2. The van der Waals surface area contributed by atoms with Crippen molar-refractivity contribution in [3.63, 3.8) is 0 Å². The minimum atomic E-state index is -1.03. The van der Waals surface area contributed by atoms with E-state index in [1.54, 1.807) is 13.0 Å². The molecule has 1 aromatic rings. The number of hydrogen-bond acceptors (Lipinski definition) is 1. The van der Waals surface area contributed by atoms with Crippen LogP contribution in [-0.2, 0) is 6.54 Å². The zero-order valence-electron chi connectivity index (χ0n) is 8.42. The van der Waals surface area contributed by atoms with E-state index in [4.69, 9.17) is 5.11 Å². The summed E-state index contributed by atoms with van der Waals surface area (Å²) in [5, 5.41) is 8.66. The number of carboxylic acid groups (broad SMARTS) is 1. The Morgan fingerprint density at radius 2 is 2.20 bits per heavy atom. The normalized spacial score (nSPS) is 10.1. The van der Waals surface area contributed by atoms with E-state index in [0.29, 0.717) is 10.0 Å². The lowest BCUT2D eigenvalue weighted by atomic mass is 10.1. The van der Waals surface area contributed by atoms with Crippen molar-refractivity contribution in [2.45, 2.75) is 13.5 Å². The first kappa shape index (κ1) is 12.0. The minimum absolute atomic E-state index is 0.181. The fourth-order valence-corrected chi connectivity index (χ4v) is 1.46. The Bertz CT molecular complexity index is 372. The van der Waals surface area contributed by atoms with Gasteiger partial charge in [-0.2, -0.15) is 0 Å². The van der Waals surface area contributed by atoms with Crippen LogP contribution in [0.2, 0.25) is 0 Å². The molecule has 1 rings (SSSR count). The molecular formula is C10H11BrFNO2. The van der Waals surface area contributed by atoms with E-state index in [0.717, 1.165) is 10.5 Å². The molecule has 0 aliphatic heterocycles. The summed E-state index contributed by atoms with van der Waals surface area (Å²) in [7, 11) is 1.44. The molecule has 0 spiro atoms. The molecule has 1 aromatic carbocycles. The maximum Gasteiger partial charge on any atom is 0.407 e. The largest absolute Gasteiger partial charge is 0.465 e. The molecule has 0 aliphatic rings. The molecule has 0 saturated heterocycles. The van der Waals surface area contributed by atoms with Gasteiger partial charge in [0.1, 0.15) is 5.82 Å². The molecule has 5 heteroatoms. The van der Waals surface area contributed by atoms with E-state index in [2.05, 4.69) is 15.9 Å². The number of benzene rings is 1. The van der Waals surface area contributed by atoms with Gasteiger partial charge >= 0.3 is 6.09 Å². The molecule has 15 heavy (non-hydrogen) atoms. The molecule has 0 atom stereocenters. The highest BCUT2D eigenvalue weighted by Gasteiger charge is 2.09. The predicted octanol–water partition coefficient (Wildman–Crippen LogP) is 3.01. The van der Waals surface area contributed by atoms with Crippen molar-refractivity contribution >= 4 is 22.0 Å². The van der Waals surface area contributed by atoms with Crippen LogP contribution in [0.3, 0.4) is 0 Å². The molecule has 82 valence electrons. The first-order valence-corrected chi connectivity index (χ1v) is 5.09. The Kier molecular flexibility index (Phi) is 3.68. The average molecular weight is 276 g/mol. The topological polar surface area (TPSA) is 40.5 Å². The van der Waals surface area contributed by atoms with Gasteiger partial charge in [0.25, 0.3) is 0 Å². The highest BCUT2D eigenvalue weighted by atomic mass is 79.9. The van der Waals surface area contributed by atoms with Crippen molar-refractivity contribution in [3.8, 4) is 0 Å². The predicted molar refractivity (Wildman–Crippen MR) is 58.3 cm³/mol. The minimum Gasteiger partial charge on any atom is -0.465 e. The third-order valence-electron chi connectivity index (χ3n) is 2.02. The van der Waals surface area contributed by atoms with Crippen molar-refractivity contribution in [2.24, 2.45) is 0 Å². The van der Waals surface area contributed by atoms with Crippen LogP contribution < -0.4 is 0 Å². The van der Waals surface area contributed by atoms with Crippen LogP contribution in [0, 0.1) is 12.7 Å². The smallest absolute Gasteiger partial charge is 0.407 e. The van der Waals surface area contributed by atoms with Gasteiger partial charge in [-0.05, 0) is 40.0 Å². The van der Waals surface area contributed by atoms with Gasteiger partial charge in [0.05, 0.1) is 4.47 Å². The highest BCUT2D eigenvalue weighted by molar-refractivity contribution is 9.10. The molecule has 0 bridgehead atoms. The highest BCUT2D eigenvalue weighted by Crippen LogP contribution is 2.22. The summed E-state index contributed by atoms with van der Waals surface area (Å²) in [5.74, 6) is -0.371. The lowest BCUT2D eigenvalue weighted by molar-refractivity contribution is 0.153. The van der Waals surface area contributed by atoms with Crippen LogP contribution >= 0.6 is 15.9 Å². The molecule has 0 aliphatic carbocycles. The van der Waals surface area contributed by atoms with Crippen LogP contribution in [0.15, 0.2) is 16.6 Å². The summed E-state index contributed by atoms with van der Waals surface area (Å²) in [5.41, 5.74) is 1.39.